The zero-order chi connectivity index (χ0) is 22.2. The summed E-state index contributed by atoms with van der Waals surface area (Å²) in [4.78, 5) is 8.75. The quantitative estimate of drug-likeness (QED) is 0.535. The Labute approximate surface area is 180 Å². The Kier molecular flexibility index (Phi) is 6.58. The molecule has 3 aromatic rings. The van der Waals surface area contributed by atoms with Gasteiger partial charge < -0.3 is 10.6 Å². The summed E-state index contributed by atoms with van der Waals surface area (Å²) in [7, 11) is 0. The van der Waals surface area contributed by atoms with Gasteiger partial charge in [-0.3, -0.25) is 0 Å². The monoisotopic (exact) mass is 405 g/mol. The Morgan fingerprint density at radius 3 is 2.32 bits per heavy atom. The van der Waals surface area contributed by atoms with Gasteiger partial charge in [0.05, 0.1) is 30.2 Å². The second-order valence-electron chi connectivity index (χ2n) is 6.85. The van der Waals surface area contributed by atoms with Crippen LogP contribution in [0.25, 0.3) is 6.08 Å². The summed E-state index contributed by atoms with van der Waals surface area (Å²) >= 11 is 0. The van der Waals surface area contributed by atoms with Crippen LogP contribution in [0.15, 0.2) is 54.2 Å². The second-order valence-corrected chi connectivity index (χ2v) is 6.85. The van der Waals surface area contributed by atoms with Gasteiger partial charge in [0.2, 0.25) is 5.95 Å². The first-order chi connectivity index (χ1) is 15.0. The van der Waals surface area contributed by atoms with Crippen LogP contribution in [0.2, 0.25) is 0 Å². The molecule has 7 nitrogen and oxygen atoms in total. The van der Waals surface area contributed by atoms with Gasteiger partial charge in [-0.05, 0) is 79.1 Å². The van der Waals surface area contributed by atoms with Gasteiger partial charge in [-0.2, -0.15) is 20.8 Å². The van der Waals surface area contributed by atoms with Crippen LogP contribution < -0.4 is 10.6 Å². The Hall–Kier alpha value is -4.67. The molecule has 0 saturated carbocycles. The van der Waals surface area contributed by atoms with E-state index in [0.29, 0.717) is 22.9 Å². The molecular formula is C24H19N7. The zero-order valence-electron chi connectivity index (χ0n) is 17.1. The molecule has 0 amide bonds. The van der Waals surface area contributed by atoms with Gasteiger partial charge in [0.1, 0.15) is 5.82 Å². The summed E-state index contributed by atoms with van der Waals surface area (Å²) in [5.41, 5.74) is 5.56. The average Bonchev–Trinajstić information content (AvgIpc) is 2.77. The van der Waals surface area contributed by atoms with E-state index in [2.05, 4.69) is 32.7 Å². The van der Waals surface area contributed by atoms with Crippen molar-refractivity contribution in [3.63, 3.8) is 0 Å². The molecule has 1 aromatic heterocycles. The summed E-state index contributed by atoms with van der Waals surface area (Å²) in [5, 5.41) is 33.3. The van der Waals surface area contributed by atoms with E-state index in [9.17, 15) is 0 Å². The number of aromatic nitrogens is 2. The largest absolute Gasteiger partial charge is 0.340 e. The Morgan fingerprint density at radius 2 is 1.71 bits per heavy atom. The van der Waals surface area contributed by atoms with Crippen LogP contribution >= 0.6 is 0 Å². The molecular weight excluding hydrogens is 386 g/mol. The highest BCUT2D eigenvalue weighted by Gasteiger charge is 2.08. The van der Waals surface area contributed by atoms with E-state index >= 15 is 0 Å². The molecule has 1 heterocycles. The van der Waals surface area contributed by atoms with Gasteiger partial charge in [0, 0.05) is 23.1 Å². The predicted molar refractivity (Wildman–Crippen MR) is 119 cm³/mol. The third-order valence-electron chi connectivity index (χ3n) is 4.49. The fourth-order valence-electron chi connectivity index (χ4n) is 3.06. The minimum absolute atomic E-state index is 0.0878. The molecule has 0 fully saturated rings. The van der Waals surface area contributed by atoms with Crippen LogP contribution in [0.5, 0.6) is 0 Å². The van der Waals surface area contributed by atoms with Crippen molar-refractivity contribution in [1.29, 1.82) is 15.8 Å². The van der Waals surface area contributed by atoms with E-state index in [4.69, 9.17) is 15.8 Å². The number of benzene rings is 2. The molecule has 0 radical (unpaired) electrons. The van der Waals surface area contributed by atoms with Crippen LogP contribution in [0.3, 0.4) is 0 Å². The third kappa shape index (κ3) is 5.44. The molecule has 0 atom stereocenters. The van der Waals surface area contributed by atoms with E-state index in [1.807, 2.05) is 32.0 Å². The third-order valence-corrected chi connectivity index (χ3v) is 4.49. The number of hydrogen-bond acceptors (Lipinski definition) is 7. The summed E-state index contributed by atoms with van der Waals surface area (Å²) in [6.07, 6.45) is 3.48. The summed E-state index contributed by atoms with van der Waals surface area (Å²) in [5.74, 6) is 1.06. The highest BCUT2D eigenvalue weighted by Crippen LogP contribution is 2.27. The zero-order valence-corrected chi connectivity index (χ0v) is 17.1. The molecule has 0 aliphatic heterocycles. The van der Waals surface area contributed by atoms with Crippen LogP contribution in [0.1, 0.15) is 28.7 Å². The fourth-order valence-corrected chi connectivity index (χ4v) is 3.06. The van der Waals surface area contributed by atoms with Crippen LogP contribution in [-0.4, -0.2) is 9.97 Å². The summed E-state index contributed by atoms with van der Waals surface area (Å²) < 4.78 is 0. The van der Waals surface area contributed by atoms with Crippen molar-refractivity contribution in [3.05, 3.63) is 76.5 Å². The number of allylic oxidation sites excluding steroid dienone is 1. The standard InChI is InChI=1S/C24H19N7/c1-16-11-20(13-19(15-27)7-9-25)12-17(2)23(16)30-22-8-10-28-24(31-22)29-21-5-3-18(14-26)4-6-21/h3-6,8,10-13H,7H2,1-2H3,(H2,28,29,30,31)/b19-13-. The van der Waals surface area contributed by atoms with E-state index < -0.39 is 0 Å². The number of rotatable bonds is 6. The van der Waals surface area contributed by atoms with Gasteiger partial charge >= 0.3 is 0 Å². The van der Waals surface area contributed by atoms with Gasteiger partial charge in [0.15, 0.2) is 0 Å². The summed E-state index contributed by atoms with van der Waals surface area (Å²) in [6, 6.07) is 18.9. The maximum Gasteiger partial charge on any atom is 0.229 e. The number of nitrogens with zero attached hydrogens (tertiary/aromatic N) is 5. The molecule has 0 bridgehead atoms. The van der Waals surface area contributed by atoms with Crippen LogP contribution in [0.4, 0.5) is 23.1 Å². The maximum atomic E-state index is 9.15. The van der Waals surface area contributed by atoms with Crippen molar-refractivity contribution in [3.8, 4) is 18.2 Å². The van der Waals surface area contributed by atoms with Gasteiger partial charge in [-0.25, -0.2) is 4.98 Å². The number of hydrogen-bond donors (Lipinski definition) is 2. The van der Waals surface area contributed by atoms with Crippen molar-refractivity contribution >= 4 is 29.2 Å². The van der Waals surface area contributed by atoms with Crippen molar-refractivity contribution in [2.45, 2.75) is 20.3 Å². The number of aryl methyl sites for hydroxylation is 2. The highest BCUT2D eigenvalue weighted by molar-refractivity contribution is 5.70. The molecule has 31 heavy (non-hydrogen) atoms. The Balaban J connectivity index is 1.81. The molecule has 2 aromatic carbocycles. The molecule has 3 rings (SSSR count). The lowest BCUT2D eigenvalue weighted by Gasteiger charge is -2.14. The number of nitriles is 3. The van der Waals surface area contributed by atoms with Crippen LogP contribution in [0, 0.1) is 47.8 Å². The number of anilines is 4. The van der Waals surface area contributed by atoms with E-state index in [1.165, 1.54) is 0 Å². The van der Waals surface area contributed by atoms with E-state index in [-0.39, 0.29) is 6.42 Å². The SMILES string of the molecule is Cc1cc(/C=C(\C#N)CC#N)cc(C)c1Nc1ccnc(Nc2ccc(C#N)cc2)n1. The lowest BCUT2D eigenvalue weighted by atomic mass is 10.0. The van der Waals surface area contributed by atoms with Gasteiger partial charge in [-0.1, -0.05) is 0 Å². The van der Waals surface area contributed by atoms with E-state index in [1.54, 1.807) is 42.6 Å². The molecule has 150 valence electrons. The predicted octanol–water partition coefficient (Wildman–Crippen LogP) is 5.27. The highest BCUT2D eigenvalue weighted by atomic mass is 15.1. The molecule has 0 aliphatic carbocycles. The van der Waals surface area contributed by atoms with Crippen molar-refractivity contribution < 1.29 is 0 Å². The summed E-state index contributed by atoms with van der Waals surface area (Å²) in [6.45, 7) is 3.94. The maximum absolute atomic E-state index is 9.15. The van der Waals surface area contributed by atoms with E-state index in [0.717, 1.165) is 28.1 Å². The minimum Gasteiger partial charge on any atom is -0.340 e. The lowest BCUT2D eigenvalue weighted by Crippen LogP contribution is -2.02. The molecule has 7 heteroatoms. The molecule has 0 saturated heterocycles. The fraction of sp³-hybridized carbons (Fsp3) is 0.125. The molecule has 0 spiro atoms. The van der Waals surface area contributed by atoms with Gasteiger partial charge in [0.25, 0.3) is 0 Å². The van der Waals surface area contributed by atoms with Crippen LogP contribution in [-0.2, 0) is 0 Å². The first-order valence-electron chi connectivity index (χ1n) is 9.48. The van der Waals surface area contributed by atoms with Gasteiger partial charge in [-0.15, -0.1) is 0 Å². The number of nitrogens with one attached hydrogen (secondary N) is 2. The topological polar surface area (TPSA) is 121 Å². The lowest BCUT2D eigenvalue weighted by molar-refractivity contribution is 1.16. The Morgan fingerprint density at radius 1 is 1.00 bits per heavy atom. The first kappa shape index (κ1) is 21.0. The molecule has 0 unspecified atom stereocenters. The van der Waals surface area contributed by atoms with Crippen molar-refractivity contribution in [2.24, 2.45) is 0 Å². The normalized spacial score (nSPS) is 10.5. The average molecular weight is 405 g/mol. The molecule has 2 N–H and O–H groups in total. The minimum atomic E-state index is 0.0878. The van der Waals surface area contributed by atoms with Crippen molar-refractivity contribution in [1.82, 2.24) is 9.97 Å². The second kappa shape index (κ2) is 9.69. The Bertz CT molecular complexity index is 1230. The first-order valence-corrected chi connectivity index (χ1v) is 9.48. The molecule has 0 aliphatic rings. The smallest absolute Gasteiger partial charge is 0.229 e. The van der Waals surface area contributed by atoms with Crippen molar-refractivity contribution in [2.75, 3.05) is 10.6 Å².